The maximum Gasteiger partial charge on any atom is 0.417 e. The number of nitrogens with zero attached hydrogens (tertiary/aromatic N) is 4. The lowest BCUT2D eigenvalue weighted by Gasteiger charge is -2.34. The summed E-state index contributed by atoms with van der Waals surface area (Å²) < 4.78 is 39.7. The quantitative estimate of drug-likeness (QED) is 0.541. The largest absolute Gasteiger partial charge is 0.417 e. The molecule has 1 saturated heterocycles. The minimum atomic E-state index is -4.59. The molecule has 0 aliphatic carbocycles. The van der Waals surface area contributed by atoms with Crippen LogP contribution in [-0.4, -0.2) is 59.6 Å². The number of benzene rings is 1. The van der Waals surface area contributed by atoms with E-state index in [0.717, 1.165) is 25.3 Å². The van der Waals surface area contributed by atoms with E-state index < -0.39 is 17.6 Å². The van der Waals surface area contributed by atoms with Crippen LogP contribution in [0.2, 0.25) is 0 Å². The summed E-state index contributed by atoms with van der Waals surface area (Å²) in [6.07, 6.45) is 0.931. The van der Waals surface area contributed by atoms with Crippen LogP contribution < -0.4 is 10.2 Å². The van der Waals surface area contributed by atoms with E-state index in [4.69, 9.17) is 0 Å². The van der Waals surface area contributed by atoms with Gasteiger partial charge in [0.25, 0.3) is 11.8 Å². The number of aromatic nitrogens is 2. The van der Waals surface area contributed by atoms with Crippen LogP contribution in [0.1, 0.15) is 64.8 Å². The number of hydrogen-bond acceptors (Lipinski definition) is 6. The van der Waals surface area contributed by atoms with E-state index in [2.05, 4.69) is 22.4 Å². The summed E-state index contributed by atoms with van der Waals surface area (Å²) in [4.78, 5) is 28.3. The molecule has 0 bridgehead atoms. The van der Waals surface area contributed by atoms with Gasteiger partial charge in [0.15, 0.2) is 0 Å². The molecule has 0 unspecified atom stereocenters. The molecule has 0 spiro atoms. The maximum absolute atomic E-state index is 13.2. The molecule has 2 aromatic rings. The zero-order valence-corrected chi connectivity index (χ0v) is 19.3. The van der Waals surface area contributed by atoms with Gasteiger partial charge in [-0.25, -0.2) is 0 Å². The molecule has 1 N–H and O–H groups in total. The molecule has 1 aromatic heterocycles. The van der Waals surface area contributed by atoms with Crippen LogP contribution in [0, 0.1) is 0 Å². The van der Waals surface area contributed by atoms with E-state index in [1.807, 2.05) is 4.90 Å². The Morgan fingerprint density at radius 1 is 1.03 bits per heavy atom. The highest BCUT2D eigenvalue weighted by atomic mass is 32.1. The molecule has 2 amide bonds. The van der Waals surface area contributed by atoms with Gasteiger partial charge in [0.2, 0.25) is 10.1 Å². The van der Waals surface area contributed by atoms with Gasteiger partial charge in [-0.1, -0.05) is 56.1 Å². The molecule has 2 heterocycles. The maximum atomic E-state index is 13.2. The summed E-state index contributed by atoms with van der Waals surface area (Å²) in [5.74, 6) is -0.898. The van der Waals surface area contributed by atoms with Gasteiger partial charge in [-0.2, -0.15) is 13.2 Å². The van der Waals surface area contributed by atoms with Crippen molar-refractivity contribution in [1.29, 1.82) is 0 Å². The van der Waals surface area contributed by atoms with Gasteiger partial charge in [0, 0.05) is 32.7 Å². The summed E-state index contributed by atoms with van der Waals surface area (Å²) in [5.41, 5.74) is -1.27. The van der Waals surface area contributed by atoms with E-state index in [1.165, 1.54) is 47.3 Å². The lowest BCUT2D eigenvalue weighted by molar-refractivity contribution is -0.138. The average Bonchev–Trinajstić information content (AvgIpc) is 3.31. The second kappa shape index (κ2) is 11.4. The van der Waals surface area contributed by atoms with E-state index in [9.17, 15) is 22.8 Å². The average molecular weight is 484 g/mol. The number of unbranched alkanes of at least 4 members (excludes halogenated alkanes) is 4. The number of halogens is 3. The van der Waals surface area contributed by atoms with Crippen molar-refractivity contribution in [3.63, 3.8) is 0 Å². The predicted octanol–water partition coefficient (Wildman–Crippen LogP) is 4.22. The van der Waals surface area contributed by atoms with Crippen LogP contribution >= 0.6 is 11.3 Å². The first-order valence-corrected chi connectivity index (χ1v) is 11.9. The molecule has 1 fully saturated rings. The zero-order valence-electron chi connectivity index (χ0n) is 18.5. The number of anilines is 1. The van der Waals surface area contributed by atoms with E-state index in [0.29, 0.717) is 24.8 Å². The molecule has 0 atom stereocenters. The fourth-order valence-corrected chi connectivity index (χ4v) is 4.44. The lowest BCUT2D eigenvalue weighted by atomic mass is 10.1. The molecule has 1 aromatic carbocycles. The summed E-state index contributed by atoms with van der Waals surface area (Å²) in [6.45, 7) is 4.05. The molecule has 3 rings (SSSR count). The van der Waals surface area contributed by atoms with Crippen LogP contribution in [0.25, 0.3) is 0 Å². The first-order chi connectivity index (χ1) is 15.8. The molecular formula is C22H28F3N5O2S. The summed E-state index contributed by atoms with van der Waals surface area (Å²) >= 11 is 1.17. The third kappa shape index (κ3) is 6.66. The number of alkyl halides is 3. The van der Waals surface area contributed by atoms with Gasteiger partial charge in [-0.05, 0) is 18.6 Å². The smallest absolute Gasteiger partial charge is 0.350 e. The van der Waals surface area contributed by atoms with Crippen molar-refractivity contribution < 1.29 is 22.8 Å². The summed E-state index contributed by atoms with van der Waals surface area (Å²) in [6, 6.07) is 4.82. The van der Waals surface area contributed by atoms with Gasteiger partial charge in [0.1, 0.15) is 0 Å². The second-order valence-corrected chi connectivity index (χ2v) is 8.84. The van der Waals surface area contributed by atoms with E-state index in [-0.39, 0.29) is 29.6 Å². The Hall–Kier alpha value is -2.69. The highest BCUT2D eigenvalue weighted by Crippen LogP contribution is 2.32. The summed E-state index contributed by atoms with van der Waals surface area (Å²) in [5, 5.41) is 11.7. The fourth-order valence-electron chi connectivity index (χ4n) is 3.63. The monoisotopic (exact) mass is 483 g/mol. The molecule has 33 heavy (non-hydrogen) atoms. The van der Waals surface area contributed by atoms with Crippen LogP contribution in [0.15, 0.2) is 24.3 Å². The molecule has 0 radical (unpaired) electrons. The topological polar surface area (TPSA) is 78.4 Å². The fraction of sp³-hybridized carbons (Fsp3) is 0.545. The molecular weight excluding hydrogens is 455 g/mol. The Kier molecular flexibility index (Phi) is 8.65. The molecule has 1 aliphatic rings. The highest BCUT2D eigenvalue weighted by Gasteiger charge is 2.36. The van der Waals surface area contributed by atoms with Crippen molar-refractivity contribution >= 4 is 28.3 Å². The molecule has 1 aliphatic heterocycles. The van der Waals surface area contributed by atoms with Crippen LogP contribution in [-0.2, 0) is 6.18 Å². The van der Waals surface area contributed by atoms with Crippen molar-refractivity contribution in [2.45, 2.75) is 45.2 Å². The van der Waals surface area contributed by atoms with Gasteiger partial charge >= 0.3 is 6.18 Å². The van der Waals surface area contributed by atoms with Crippen molar-refractivity contribution in [3.8, 4) is 0 Å². The molecule has 0 saturated carbocycles. The third-order valence-corrected chi connectivity index (χ3v) is 6.46. The van der Waals surface area contributed by atoms with Gasteiger partial charge in [0.05, 0.1) is 11.1 Å². The van der Waals surface area contributed by atoms with Crippen molar-refractivity contribution in [2.75, 3.05) is 37.6 Å². The van der Waals surface area contributed by atoms with Crippen LogP contribution in [0.5, 0.6) is 0 Å². The van der Waals surface area contributed by atoms with Crippen molar-refractivity contribution in [1.82, 2.24) is 20.4 Å². The standard InChI is InChI=1S/C22H28F3N5O2S/c1-2-3-4-5-8-11-26-18(31)19-27-28-21(33-19)30-14-12-29(13-15-30)20(32)16-9-6-7-10-17(16)22(23,24)25/h6-7,9-10H,2-5,8,11-15H2,1H3,(H,26,31). The zero-order chi connectivity index (χ0) is 23.8. The van der Waals surface area contributed by atoms with E-state index >= 15 is 0 Å². The molecule has 180 valence electrons. The van der Waals surface area contributed by atoms with Crippen LogP contribution in [0.3, 0.4) is 0 Å². The van der Waals surface area contributed by atoms with E-state index in [1.54, 1.807) is 0 Å². The number of hydrogen-bond donors (Lipinski definition) is 1. The number of carbonyl (C=O) groups excluding carboxylic acids is 2. The minimum absolute atomic E-state index is 0.254. The van der Waals surface area contributed by atoms with Gasteiger partial charge in [-0.3, -0.25) is 9.59 Å². The Labute approximate surface area is 195 Å². The normalized spacial score (nSPS) is 14.4. The summed E-state index contributed by atoms with van der Waals surface area (Å²) in [7, 11) is 0. The minimum Gasteiger partial charge on any atom is -0.350 e. The van der Waals surface area contributed by atoms with Crippen LogP contribution in [0.4, 0.5) is 18.3 Å². The highest BCUT2D eigenvalue weighted by molar-refractivity contribution is 7.17. The Morgan fingerprint density at radius 3 is 2.42 bits per heavy atom. The van der Waals surface area contributed by atoms with Gasteiger partial charge < -0.3 is 15.1 Å². The predicted molar refractivity (Wildman–Crippen MR) is 121 cm³/mol. The number of rotatable bonds is 9. The number of nitrogens with one attached hydrogen (secondary N) is 1. The van der Waals surface area contributed by atoms with Crippen molar-refractivity contribution in [2.24, 2.45) is 0 Å². The Morgan fingerprint density at radius 2 is 1.73 bits per heavy atom. The second-order valence-electron chi connectivity index (χ2n) is 7.88. The first-order valence-electron chi connectivity index (χ1n) is 11.1. The Balaban J connectivity index is 1.51. The molecule has 7 nitrogen and oxygen atoms in total. The number of carbonyl (C=O) groups is 2. The SMILES string of the molecule is CCCCCCCNC(=O)c1nnc(N2CCN(C(=O)c3ccccc3C(F)(F)F)CC2)s1. The van der Waals surface area contributed by atoms with Crippen molar-refractivity contribution in [3.05, 3.63) is 40.4 Å². The Bertz CT molecular complexity index is 942. The first kappa shape index (κ1) is 24.9. The molecule has 11 heteroatoms. The lowest BCUT2D eigenvalue weighted by Crippen LogP contribution is -2.49. The third-order valence-electron chi connectivity index (χ3n) is 5.47. The van der Waals surface area contributed by atoms with Gasteiger partial charge in [-0.15, -0.1) is 10.2 Å². The number of amides is 2. The number of piperazine rings is 1.